The molecule has 3 rings (SSSR count). The van der Waals surface area contributed by atoms with Crippen molar-refractivity contribution in [1.29, 1.82) is 0 Å². The molecule has 1 aliphatic rings. The van der Waals surface area contributed by atoms with Gasteiger partial charge in [0.2, 0.25) is 17.7 Å². The van der Waals surface area contributed by atoms with E-state index in [0.717, 1.165) is 0 Å². The van der Waals surface area contributed by atoms with Gasteiger partial charge in [0.1, 0.15) is 5.82 Å². The molecule has 1 heterocycles. The van der Waals surface area contributed by atoms with E-state index < -0.39 is 11.1 Å². The van der Waals surface area contributed by atoms with Gasteiger partial charge in [-0.05, 0) is 30.3 Å². The van der Waals surface area contributed by atoms with Crippen LogP contribution in [0.3, 0.4) is 0 Å². The molecule has 0 aliphatic carbocycles. The molecule has 3 amide bonds. The van der Waals surface area contributed by atoms with Gasteiger partial charge >= 0.3 is 0 Å². The number of carbonyl (C=O) groups excluding carboxylic acids is 3. The molecular formula is C19H16ClFN2O3S. The molecule has 0 aromatic heterocycles. The van der Waals surface area contributed by atoms with Crippen LogP contribution in [0.25, 0.3) is 0 Å². The van der Waals surface area contributed by atoms with Gasteiger partial charge in [-0.25, -0.2) is 9.29 Å². The van der Waals surface area contributed by atoms with Crippen LogP contribution in [0.2, 0.25) is 5.02 Å². The quantitative estimate of drug-likeness (QED) is 0.739. The third-order valence-corrected chi connectivity index (χ3v) is 5.47. The zero-order valence-corrected chi connectivity index (χ0v) is 15.7. The smallest absolute Gasteiger partial charge is 0.247 e. The molecule has 0 unspecified atom stereocenters. The third-order valence-electron chi connectivity index (χ3n) is 3.97. The topological polar surface area (TPSA) is 66.5 Å². The van der Waals surface area contributed by atoms with Crippen molar-refractivity contribution in [2.24, 2.45) is 0 Å². The zero-order valence-electron chi connectivity index (χ0n) is 14.2. The predicted octanol–water partition coefficient (Wildman–Crippen LogP) is 3.87. The molecule has 5 nitrogen and oxygen atoms in total. The van der Waals surface area contributed by atoms with Gasteiger partial charge in [0, 0.05) is 24.3 Å². The summed E-state index contributed by atoms with van der Waals surface area (Å²) < 4.78 is 13.1. The fourth-order valence-corrected chi connectivity index (χ4v) is 3.95. The number of nitrogens with zero attached hydrogens (tertiary/aromatic N) is 1. The van der Waals surface area contributed by atoms with Gasteiger partial charge in [-0.15, -0.1) is 11.8 Å². The highest BCUT2D eigenvalue weighted by Crippen LogP contribution is 2.30. The van der Waals surface area contributed by atoms with Crippen LogP contribution in [0, 0.1) is 5.82 Å². The van der Waals surface area contributed by atoms with Crippen LogP contribution in [-0.2, 0) is 14.4 Å². The normalized spacial score (nSPS) is 16.7. The molecule has 0 radical (unpaired) electrons. The number of thioether (sulfide) groups is 1. The van der Waals surface area contributed by atoms with Gasteiger partial charge in [0.15, 0.2) is 0 Å². The van der Waals surface area contributed by atoms with Crippen molar-refractivity contribution < 1.29 is 18.8 Å². The largest absolute Gasteiger partial charge is 0.326 e. The van der Waals surface area contributed by atoms with Crippen molar-refractivity contribution in [3.8, 4) is 0 Å². The number of benzene rings is 2. The highest BCUT2D eigenvalue weighted by molar-refractivity contribution is 8.00. The van der Waals surface area contributed by atoms with Gasteiger partial charge in [0.25, 0.3) is 0 Å². The first kappa shape index (κ1) is 19.4. The van der Waals surface area contributed by atoms with E-state index in [1.165, 1.54) is 34.9 Å². The van der Waals surface area contributed by atoms with E-state index in [4.69, 9.17) is 11.6 Å². The fraction of sp³-hybridized carbons (Fsp3) is 0.211. The predicted molar refractivity (Wildman–Crippen MR) is 104 cm³/mol. The molecule has 0 bridgehead atoms. The van der Waals surface area contributed by atoms with Gasteiger partial charge in [-0.2, -0.15) is 0 Å². The zero-order chi connectivity index (χ0) is 19.4. The average molecular weight is 407 g/mol. The Labute approximate surface area is 164 Å². The number of hydrogen-bond donors (Lipinski definition) is 1. The van der Waals surface area contributed by atoms with E-state index in [1.54, 1.807) is 24.3 Å². The third kappa shape index (κ3) is 4.67. The lowest BCUT2D eigenvalue weighted by Crippen LogP contribution is -2.31. The van der Waals surface area contributed by atoms with Crippen molar-refractivity contribution >= 4 is 52.5 Å². The number of carbonyl (C=O) groups is 3. The minimum atomic E-state index is -0.558. The Morgan fingerprint density at radius 3 is 2.67 bits per heavy atom. The summed E-state index contributed by atoms with van der Waals surface area (Å²) in [5.41, 5.74) is 0.959. The number of halogens is 2. The van der Waals surface area contributed by atoms with Crippen LogP contribution in [0.15, 0.2) is 48.5 Å². The van der Waals surface area contributed by atoms with Crippen molar-refractivity contribution in [2.75, 3.05) is 16.0 Å². The van der Waals surface area contributed by atoms with E-state index in [9.17, 15) is 18.8 Å². The molecule has 1 aliphatic heterocycles. The Kier molecular flexibility index (Phi) is 6.13. The Balaban J connectivity index is 1.50. The van der Waals surface area contributed by atoms with Crippen LogP contribution in [0.1, 0.15) is 12.8 Å². The lowest BCUT2D eigenvalue weighted by Gasteiger charge is -2.14. The Bertz CT molecular complexity index is 879. The lowest BCUT2D eigenvalue weighted by atomic mass is 10.3. The first-order chi connectivity index (χ1) is 13.0. The maximum Gasteiger partial charge on any atom is 0.247 e. The summed E-state index contributed by atoms with van der Waals surface area (Å²) in [5.74, 6) is -0.955. The number of anilines is 2. The molecule has 0 spiro atoms. The second kappa shape index (κ2) is 8.54. The average Bonchev–Trinajstić information content (AvgIpc) is 2.92. The van der Waals surface area contributed by atoms with Crippen LogP contribution in [-0.4, -0.2) is 28.7 Å². The number of nitrogens with one attached hydrogen (secondary N) is 1. The Hall–Kier alpha value is -2.38. The molecule has 27 heavy (non-hydrogen) atoms. The maximum atomic E-state index is 13.1. The van der Waals surface area contributed by atoms with E-state index in [1.807, 2.05) is 6.07 Å². The SMILES string of the molecule is O=C(CCS[C@H]1CC(=O)N(c2ccccc2)C1=O)Nc1ccc(F)c(Cl)c1. The summed E-state index contributed by atoms with van der Waals surface area (Å²) in [7, 11) is 0. The lowest BCUT2D eigenvalue weighted by molar-refractivity contribution is -0.121. The number of imide groups is 1. The van der Waals surface area contributed by atoms with Crippen LogP contribution in [0.4, 0.5) is 15.8 Å². The molecule has 0 saturated carbocycles. The Morgan fingerprint density at radius 1 is 1.22 bits per heavy atom. The number of rotatable bonds is 6. The van der Waals surface area contributed by atoms with Gasteiger partial charge in [0.05, 0.1) is 16.0 Å². The van der Waals surface area contributed by atoms with Crippen molar-refractivity contribution in [2.45, 2.75) is 18.1 Å². The summed E-state index contributed by atoms with van der Waals surface area (Å²) in [6.45, 7) is 0. The first-order valence-electron chi connectivity index (χ1n) is 8.24. The van der Waals surface area contributed by atoms with Crippen LogP contribution < -0.4 is 10.2 Å². The van der Waals surface area contributed by atoms with Crippen molar-refractivity contribution in [3.05, 3.63) is 59.4 Å². The van der Waals surface area contributed by atoms with E-state index in [0.29, 0.717) is 17.1 Å². The second-order valence-corrected chi connectivity index (χ2v) is 7.61. The summed E-state index contributed by atoms with van der Waals surface area (Å²) in [4.78, 5) is 37.8. The number of amides is 3. The van der Waals surface area contributed by atoms with Crippen molar-refractivity contribution in [1.82, 2.24) is 0 Å². The minimum Gasteiger partial charge on any atom is -0.326 e. The highest BCUT2D eigenvalue weighted by atomic mass is 35.5. The highest BCUT2D eigenvalue weighted by Gasteiger charge is 2.39. The molecule has 1 atom stereocenters. The minimum absolute atomic E-state index is 0.0711. The number of hydrogen-bond acceptors (Lipinski definition) is 4. The molecule has 2 aromatic carbocycles. The molecule has 8 heteroatoms. The molecule has 1 N–H and O–H groups in total. The monoisotopic (exact) mass is 406 g/mol. The Morgan fingerprint density at radius 2 is 1.96 bits per heavy atom. The van der Waals surface area contributed by atoms with Gasteiger partial charge in [-0.1, -0.05) is 29.8 Å². The fourth-order valence-electron chi connectivity index (χ4n) is 2.67. The summed E-state index contributed by atoms with van der Waals surface area (Å²) in [5, 5.41) is 2.06. The van der Waals surface area contributed by atoms with Gasteiger partial charge in [-0.3, -0.25) is 14.4 Å². The van der Waals surface area contributed by atoms with E-state index in [2.05, 4.69) is 5.32 Å². The summed E-state index contributed by atoms with van der Waals surface area (Å²) >= 11 is 6.96. The molecule has 1 fully saturated rings. The van der Waals surface area contributed by atoms with Crippen LogP contribution >= 0.6 is 23.4 Å². The number of para-hydroxylation sites is 1. The second-order valence-electron chi connectivity index (χ2n) is 5.89. The standard InChI is InChI=1S/C19H16ClFN2O3S/c20-14-10-12(6-7-15(14)21)22-17(24)8-9-27-16-11-18(25)23(19(16)26)13-4-2-1-3-5-13/h1-7,10,16H,8-9,11H2,(H,22,24)/t16-/m0/s1. The molecule has 1 saturated heterocycles. The summed E-state index contributed by atoms with van der Waals surface area (Å²) in [6, 6.07) is 12.7. The van der Waals surface area contributed by atoms with E-state index >= 15 is 0 Å². The maximum absolute atomic E-state index is 13.1. The van der Waals surface area contributed by atoms with Crippen LogP contribution in [0.5, 0.6) is 0 Å². The van der Waals surface area contributed by atoms with Gasteiger partial charge < -0.3 is 5.32 Å². The molecular weight excluding hydrogens is 391 g/mol. The first-order valence-corrected chi connectivity index (χ1v) is 9.67. The van der Waals surface area contributed by atoms with Crippen molar-refractivity contribution in [3.63, 3.8) is 0 Å². The molecule has 2 aromatic rings. The van der Waals surface area contributed by atoms with E-state index in [-0.39, 0.29) is 35.6 Å². The molecule has 140 valence electrons. The summed E-state index contributed by atoms with van der Waals surface area (Å²) in [6.07, 6.45) is 0.274.